The van der Waals surface area contributed by atoms with Crippen LogP contribution in [0.2, 0.25) is 0 Å². The number of nitrogens with one attached hydrogen (secondary N) is 1. The summed E-state index contributed by atoms with van der Waals surface area (Å²) >= 11 is 0. The Hall–Kier alpha value is -3.74. The van der Waals surface area contributed by atoms with Gasteiger partial charge in [0.15, 0.2) is 0 Å². The molecule has 0 fully saturated rings. The maximum atomic E-state index is 12.5. The molecule has 27 heavy (non-hydrogen) atoms. The van der Waals surface area contributed by atoms with Crippen LogP contribution in [0.15, 0.2) is 78.1 Å². The van der Waals surface area contributed by atoms with E-state index < -0.39 is 0 Å². The van der Waals surface area contributed by atoms with Crippen molar-refractivity contribution in [3.05, 3.63) is 89.2 Å². The van der Waals surface area contributed by atoms with Crippen molar-refractivity contribution in [3.8, 4) is 0 Å². The van der Waals surface area contributed by atoms with Crippen molar-refractivity contribution in [1.82, 2.24) is 19.3 Å². The van der Waals surface area contributed by atoms with Crippen LogP contribution in [0.4, 0.5) is 5.69 Å². The van der Waals surface area contributed by atoms with Crippen molar-refractivity contribution in [2.45, 2.75) is 13.1 Å². The Morgan fingerprint density at radius 2 is 1.81 bits per heavy atom. The van der Waals surface area contributed by atoms with E-state index in [-0.39, 0.29) is 18.0 Å². The predicted octanol–water partition coefficient (Wildman–Crippen LogP) is 2.28. The first-order valence-corrected chi connectivity index (χ1v) is 8.49. The monoisotopic (exact) mass is 359 g/mol. The van der Waals surface area contributed by atoms with Crippen LogP contribution in [-0.2, 0) is 17.9 Å². The zero-order chi connectivity index (χ0) is 18.6. The molecule has 0 spiro atoms. The van der Waals surface area contributed by atoms with E-state index in [0.29, 0.717) is 23.1 Å². The molecular formula is C20H17N5O2. The Morgan fingerprint density at radius 1 is 1.04 bits per heavy atom. The predicted molar refractivity (Wildman–Crippen MR) is 102 cm³/mol. The highest BCUT2D eigenvalue weighted by Gasteiger charge is 2.09. The highest BCUT2D eigenvalue weighted by molar-refractivity contribution is 5.90. The van der Waals surface area contributed by atoms with E-state index in [1.807, 2.05) is 36.4 Å². The molecule has 0 radical (unpaired) electrons. The van der Waals surface area contributed by atoms with Gasteiger partial charge in [0.1, 0.15) is 6.54 Å². The molecule has 0 aliphatic heterocycles. The molecular weight excluding hydrogens is 342 g/mol. The second-order valence-electron chi connectivity index (χ2n) is 6.16. The lowest BCUT2D eigenvalue weighted by Gasteiger charge is -2.06. The molecule has 0 aliphatic carbocycles. The van der Waals surface area contributed by atoms with E-state index >= 15 is 0 Å². The summed E-state index contributed by atoms with van der Waals surface area (Å²) in [5.41, 5.74) is 2.07. The van der Waals surface area contributed by atoms with Crippen molar-refractivity contribution in [1.29, 1.82) is 0 Å². The minimum absolute atomic E-state index is 0.111. The molecule has 2 heterocycles. The summed E-state index contributed by atoms with van der Waals surface area (Å²) in [6.45, 7) is 0.505. The topological polar surface area (TPSA) is 81.8 Å². The standard InChI is InChI=1S/C20H17N5O2/c26-19(13-24-14-21-18-9-5-4-8-17(18)20(24)27)23-16-10-22-25(12-16)11-15-6-2-1-3-7-15/h1-10,12,14H,11,13H2,(H,23,26). The number of amides is 1. The molecule has 0 atom stereocenters. The fraction of sp³-hybridized carbons (Fsp3) is 0.100. The number of benzene rings is 2. The van der Waals surface area contributed by atoms with Gasteiger partial charge in [0.2, 0.25) is 5.91 Å². The maximum absolute atomic E-state index is 12.5. The van der Waals surface area contributed by atoms with Gasteiger partial charge < -0.3 is 5.32 Å². The van der Waals surface area contributed by atoms with Gasteiger partial charge in [-0.1, -0.05) is 42.5 Å². The number of para-hydroxylation sites is 1. The maximum Gasteiger partial charge on any atom is 0.261 e. The zero-order valence-electron chi connectivity index (χ0n) is 14.4. The number of carbonyl (C=O) groups excluding carboxylic acids is 1. The smallest absolute Gasteiger partial charge is 0.261 e. The average molecular weight is 359 g/mol. The van der Waals surface area contributed by atoms with Crippen LogP contribution < -0.4 is 10.9 Å². The lowest BCUT2D eigenvalue weighted by molar-refractivity contribution is -0.116. The Morgan fingerprint density at radius 3 is 2.67 bits per heavy atom. The molecule has 0 unspecified atom stereocenters. The van der Waals surface area contributed by atoms with Crippen molar-refractivity contribution < 1.29 is 4.79 Å². The normalized spacial score (nSPS) is 10.8. The van der Waals surface area contributed by atoms with Gasteiger partial charge >= 0.3 is 0 Å². The number of nitrogens with zero attached hydrogens (tertiary/aromatic N) is 4. The number of fused-ring (bicyclic) bond motifs is 1. The van der Waals surface area contributed by atoms with Gasteiger partial charge in [-0.2, -0.15) is 5.10 Å². The second-order valence-corrected chi connectivity index (χ2v) is 6.16. The second kappa shape index (κ2) is 7.25. The third kappa shape index (κ3) is 3.77. The fourth-order valence-corrected chi connectivity index (χ4v) is 2.86. The van der Waals surface area contributed by atoms with Gasteiger partial charge in [-0.3, -0.25) is 18.8 Å². The van der Waals surface area contributed by atoms with Crippen LogP contribution in [-0.4, -0.2) is 25.2 Å². The lowest BCUT2D eigenvalue weighted by Crippen LogP contribution is -2.27. The summed E-state index contributed by atoms with van der Waals surface area (Å²) in [4.78, 5) is 29.0. The van der Waals surface area contributed by atoms with Gasteiger partial charge in [-0.05, 0) is 17.7 Å². The minimum Gasteiger partial charge on any atom is -0.322 e. The first-order chi connectivity index (χ1) is 13.2. The van der Waals surface area contributed by atoms with Gasteiger partial charge in [0.25, 0.3) is 5.56 Å². The number of carbonyl (C=O) groups is 1. The van der Waals surface area contributed by atoms with Gasteiger partial charge in [0.05, 0.1) is 35.7 Å². The Labute approximate surface area is 154 Å². The molecule has 1 N–H and O–H groups in total. The van der Waals surface area contributed by atoms with Crippen molar-refractivity contribution in [2.75, 3.05) is 5.32 Å². The third-order valence-electron chi connectivity index (χ3n) is 4.15. The van der Waals surface area contributed by atoms with Gasteiger partial charge in [0, 0.05) is 6.20 Å². The van der Waals surface area contributed by atoms with Crippen LogP contribution in [0, 0.1) is 0 Å². The number of hydrogen-bond donors (Lipinski definition) is 1. The minimum atomic E-state index is -0.312. The Bertz CT molecular complexity index is 1150. The van der Waals surface area contributed by atoms with E-state index in [1.54, 1.807) is 35.3 Å². The van der Waals surface area contributed by atoms with Crippen LogP contribution in [0.5, 0.6) is 0 Å². The highest BCUT2D eigenvalue weighted by atomic mass is 16.2. The van der Waals surface area contributed by atoms with Crippen molar-refractivity contribution in [2.24, 2.45) is 0 Å². The molecule has 7 heteroatoms. The van der Waals surface area contributed by atoms with Crippen LogP contribution in [0.3, 0.4) is 0 Å². The Balaban J connectivity index is 1.44. The van der Waals surface area contributed by atoms with Crippen molar-refractivity contribution in [3.63, 3.8) is 0 Å². The summed E-state index contributed by atoms with van der Waals surface area (Å²) in [7, 11) is 0. The molecule has 7 nitrogen and oxygen atoms in total. The zero-order valence-corrected chi connectivity index (χ0v) is 14.4. The fourth-order valence-electron chi connectivity index (χ4n) is 2.86. The number of rotatable bonds is 5. The summed E-state index contributed by atoms with van der Waals surface area (Å²) in [5, 5.41) is 7.50. The number of anilines is 1. The van der Waals surface area contributed by atoms with E-state index in [1.165, 1.54) is 10.9 Å². The van der Waals surface area contributed by atoms with E-state index in [2.05, 4.69) is 15.4 Å². The van der Waals surface area contributed by atoms with Gasteiger partial charge in [-0.15, -0.1) is 0 Å². The van der Waals surface area contributed by atoms with E-state index in [4.69, 9.17) is 0 Å². The average Bonchev–Trinajstić information content (AvgIpc) is 3.11. The molecule has 4 aromatic rings. The Kier molecular flexibility index (Phi) is 4.49. The molecule has 134 valence electrons. The summed E-state index contributed by atoms with van der Waals surface area (Å²) in [6.07, 6.45) is 4.73. The molecule has 0 saturated heterocycles. The molecule has 0 bridgehead atoms. The summed E-state index contributed by atoms with van der Waals surface area (Å²) < 4.78 is 3.04. The van der Waals surface area contributed by atoms with Crippen molar-refractivity contribution >= 4 is 22.5 Å². The highest BCUT2D eigenvalue weighted by Crippen LogP contribution is 2.09. The third-order valence-corrected chi connectivity index (χ3v) is 4.15. The first kappa shape index (κ1) is 16.7. The quantitative estimate of drug-likeness (QED) is 0.593. The SMILES string of the molecule is O=C(Cn1cnc2ccccc2c1=O)Nc1cnn(Cc2ccccc2)c1. The lowest BCUT2D eigenvalue weighted by atomic mass is 10.2. The molecule has 1 amide bonds. The van der Waals surface area contributed by atoms with Crippen LogP contribution in [0.1, 0.15) is 5.56 Å². The summed E-state index contributed by atoms with van der Waals surface area (Å²) in [6, 6.07) is 17.0. The van der Waals surface area contributed by atoms with Gasteiger partial charge in [-0.25, -0.2) is 4.98 Å². The number of aromatic nitrogens is 4. The molecule has 0 aliphatic rings. The molecule has 4 rings (SSSR count). The molecule has 2 aromatic carbocycles. The number of hydrogen-bond acceptors (Lipinski definition) is 4. The molecule has 2 aromatic heterocycles. The van der Waals surface area contributed by atoms with Crippen LogP contribution >= 0.6 is 0 Å². The van der Waals surface area contributed by atoms with E-state index in [0.717, 1.165) is 5.56 Å². The summed E-state index contributed by atoms with van der Waals surface area (Å²) in [5.74, 6) is -0.312. The first-order valence-electron chi connectivity index (χ1n) is 8.49. The largest absolute Gasteiger partial charge is 0.322 e. The van der Waals surface area contributed by atoms with Crippen LogP contribution in [0.25, 0.3) is 10.9 Å². The molecule has 0 saturated carbocycles. The van der Waals surface area contributed by atoms with E-state index in [9.17, 15) is 9.59 Å².